The number of hydrogen-bond acceptors (Lipinski definition) is 4. The zero-order valence-corrected chi connectivity index (χ0v) is 12.6. The summed E-state index contributed by atoms with van der Waals surface area (Å²) in [7, 11) is 0. The van der Waals surface area contributed by atoms with Gasteiger partial charge < -0.3 is 10.6 Å². The van der Waals surface area contributed by atoms with E-state index >= 15 is 0 Å². The van der Waals surface area contributed by atoms with Gasteiger partial charge in [-0.25, -0.2) is 4.98 Å². The summed E-state index contributed by atoms with van der Waals surface area (Å²) in [6, 6.07) is -0.00848. The van der Waals surface area contributed by atoms with Crippen LogP contribution in [0, 0.1) is 6.92 Å². The SMILES string of the molecule is Cc1csc(C(C)NC(=O)CCNC(C)(C)C)n1. The third-order valence-corrected chi connectivity index (χ3v) is 3.54. The van der Waals surface area contributed by atoms with E-state index in [1.165, 1.54) is 0 Å². The monoisotopic (exact) mass is 269 g/mol. The topological polar surface area (TPSA) is 54.0 Å². The van der Waals surface area contributed by atoms with E-state index in [9.17, 15) is 4.79 Å². The number of nitrogens with zero attached hydrogens (tertiary/aromatic N) is 1. The van der Waals surface area contributed by atoms with Crippen molar-refractivity contribution in [2.75, 3.05) is 6.54 Å². The van der Waals surface area contributed by atoms with Crippen LogP contribution in [0.1, 0.15) is 50.9 Å². The lowest BCUT2D eigenvalue weighted by Gasteiger charge is -2.20. The number of carbonyl (C=O) groups is 1. The van der Waals surface area contributed by atoms with E-state index in [0.29, 0.717) is 13.0 Å². The molecule has 1 aromatic heterocycles. The lowest BCUT2D eigenvalue weighted by atomic mass is 10.1. The zero-order chi connectivity index (χ0) is 13.8. The van der Waals surface area contributed by atoms with Crippen molar-refractivity contribution in [2.24, 2.45) is 0 Å². The predicted octanol–water partition coefficient (Wildman–Crippen LogP) is 2.41. The molecule has 1 rings (SSSR count). The lowest BCUT2D eigenvalue weighted by molar-refractivity contribution is -0.121. The highest BCUT2D eigenvalue weighted by atomic mass is 32.1. The van der Waals surface area contributed by atoms with Crippen molar-refractivity contribution in [3.63, 3.8) is 0 Å². The highest BCUT2D eigenvalue weighted by molar-refractivity contribution is 7.09. The first-order valence-corrected chi connectivity index (χ1v) is 7.12. The number of nitrogens with one attached hydrogen (secondary N) is 2. The Labute approximate surface area is 113 Å². The summed E-state index contributed by atoms with van der Waals surface area (Å²) < 4.78 is 0. The molecule has 5 heteroatoms. The van der Waals surface area contributed by atoms with E-state index in [0.717, 1.165) is 10.7 Å². The molecule has 1 heterocycles. The van der Waals surface area contributed by atoms with Gasteiger partial charge in [-0.05, 0) is 34.6 Å². The number of thiazole rings is 1. The molecule has 1 aromatic rings. The second-order valence-corrected chi connectivity index (χ2v) is 6.43. The molecule has 1 unspecified atom stereocenters. The van der Waals surface area contributed by atoms with Gasteiger partial charge in [-0.1, -0.05) is 0 Å². The molecule has 0 aromatic carbocycles. The lowest BCUT2D eigenvalue weighted by Crippen LogP contribution is -2.38. The highest BCUT2D eigenvalue weighted by Gasteiger charge is 2.13. The predicted molar refractivity (Wildman–Crippen MR) is 75.8 cm³/mol. The summed E-state index contributed by atoms with van der Waals surface area (Å²) in [4.78, 5) is 16.1. The first-order valence-electron chi connectivity index (χ1n) is 6.24. The van der Waals surface area contributed by atoms with Gasteiger partial charge in [-0.15, -0.1) is 11.3 Å². The van der Waals surface area contributed by atoms with Crippen LogP contribution >= 0.6 is 11.3 Å². The van der Waals surface area contributed by atoms with Crippen LogP contribution in [0.5, 0.6) is 0 Å². The fourth-order valence-corrected chi connectivity index (χ4v) is 2.30. The van der Waals surface area contributed by atoms with Crippen LogP contribution in [0.2, 0.25) is 0 Å². The maximum Gasteiger partial charge on any atom is 0.221 e. The van der Waals surface area contributed by atoms with Gasteiger partial charge in [0.25, 0.3) is 0 Å². The molecule has 0 aliphatic heterocycles. The maximum atomic E-state index is 11.7. The van der Waals surface area contributed by atoms with Gasteiger partial charge in [0.2, 0.25) is 5.91 Å². The summed E-state index contributed by atoms with van der Waals surface area (Å²) in [5.74, 6) is 0.0621. The quantitative estimate of drug-likeness (QED) is 0.863. The third-order valence-electron chi connectivity index (χ3n) is 2.39. The number of hydrogen-bond donors (Lipinski definition) is 2. The fraction of sp³-hybridized carbons (Fsp3) is 0.692. The Morgan fingerprint density at radius 1 is 1.50 bits per heavy atom. The van der Waals surface area contributed by atoms with Crippen LogP contribution < -0.4 is 10.6 Å². The molecule has 0 radical (unpaired) electrons. The summed E-state index contributed by atoms with van der Waals surface area (Å²) >= 11 is 1.59. The van der Waals surface area contributed by atoms with Crippen LogP contribution in [-0.2, 0) is 4.79 Å². The van der Waals surface area contributed by atoms with Crippen LogP contribution in [-0.4, -0.2) is 23.0 Å². The van der Waals surface area contributed by atoms with E-state index in [4.69, 9.17) is 0 Å². The van der Waals surface area contributed by atoms with Crippen LogP contribution in [0.15, 0.2) is 5.38 Å². The zero-order valence-electron chi connectivity index (χ0n) is 11.8. The molecule has 1 amide bonds. The molecule has 1 atom stereocenters. The molecule has 0 spiro atoms. The van der Waals surface area contributed by atoms with Gasteiger partial charge in [-0.2, -0.15) is 0 Å². The molecule has 2 N–H and O–H groups in total. The minimum absolute atomic E-state index is 0.00848. The molecule has 0 fully saturated rings. The van der Waals surface area contributed by atoms with E-state index in [1.54, 1.807) is 11.3 Å². The number of amides is 1. The van der Waals surface area contributed by atoms with Crippen LogP contribution in [0.4, 0.5) is 0 Å². The number of aromatic nitrogens is 1. The van der Waals surface area contributed by atoms with Gasteiger partial charge >= 0.3 is 0 Å². The van der Waals surface area contributed by atoms with E-state index in [2.05, 4.69) is 36.4 Å². The average molecular weight is 269 g/mol. The Morgan fingerprint density at radius 3 is 2.67 bits per heavy atom. The van der Waals surface area contributed by atoms with Crippen molar-refractivity contribution in [1.29, 1.82) is 0 Å². The molecule has 0 saturated heterocycles. The van der Waals surface area contributed by atoms with Gasteiger partial charge in [0.05, 0.1) is 6.04 Å². The fourth-order valence-electron chi connectivity index (χ4n) is 1.50. The van der Waals surface area contributed by atoms with E-state index in [1.807, 2.05) is 19.2 Å². The largest absolute Gasteiger partial charge is 0.347 e. The van der Waals surface area contributed by atoms with Gasteiger partial charge in [0, 0.05) is 29.6 Å². The third kappa shape index (κ3) is 5.60. The van der Waals surface area contributed by atoms with E-state index in [-0.39, 0.29) is 17.5 Å². The normalized spacial score (nSPS) is 13.4. The van der Waals surface area contributed by atoms with Crippen molar-refractivity contribution >= 4 is 17.2 Å². The second-order valence-electron chi connectivity index (χ2n) is 5.54. The molecular formula is C13H23N3OS. The Kier molecular flexibility index (Phi) is 5.28. The molecular weight excluding hydrogens is 246 g/mol. The van der Waals surface area contributed by atoms with Crippen molar-refractivity contribution in [1.82, 2.24) is 15.6 Å². The van der Waals surface area contributed by atoms with E-state index < -0.39 is 0 Å². The van der Waals surface area contributed by atoms with Crippen LogP contribution in [0.25, 0.3) is 0 Å². The van der Waals surface area contributed by atoms with Gasteiger partial charge in [0.1, 0.15) is 5.01 Å². The standard InChI is InChI=1S/C13H23N3OS/c1-9-8-18-12(15-9)10(2)16-11(17)6-7-14-13(3,4)5/h8,10,14H,6-7H2,1-5H3,(H,16,17). The first-order chi connectivity index (χ1) is 8.28. The molecule has 0 aliphatic carbocycles. The Balaban J connectivity index is 2.32. The molecule has 18 heavy (non-hydrogen) atoms. The Morgan fingerprint density at radius 2 is 2.17 bits per heavy atom. The Hall–Kier alpha value is -0.940. The average Bonchev–Trinajstić information content (AvgIpc) is 2.62. The van der Waals surface area contributed by atoms with Crippen molar-refractivity contribution in [3.8, 4) is 0 Å². The molecule has 0 saturated carbocycles. The summed E-state index contributed by atoms with van der Waals surface area (Å²) in [5.41, 5.74) is 1.06. The number of rotatable bonds is 5. The number of carbonyl (C=O) groups excluding carboxylic acids is 1. The summed E-state index contributed by atoms with van der Waals surface area (Å²) in [6.07, 6.45) is 0.492. The molecule has 0 bridgehead atoms. The van der Waals surface area contributed by atoms with Gasteiger partial charge in [-0.3, -0.25) is 4.79 Å². The van der Waals surface area contributed by atoms with Crippen molar-refractivity contribution in [2.45, 2.75) is 52.6 Å². The summed E-state index contributed by atoms with van der Waals surface area (Å²) in [5, 5.41) is 9.22. The Bertz CT molecular complexity index is 395. The van der Waals surface area contributed by atoms with Crippen LogP contribution in [0.3, 0.4) is 0 Å². The van der Waals surface area contributed by atoms with Crippen molar-refractivity contribution < 1.29 is 4.79 Å². The summed E-state index contributed by atoms with van der Waals surface area (Å²) in [6.45, 7) is 10.9. The maximum absolute atomic E-state index is 11.7. The second kappa shape index (κ2) is 6.29. The van der Waals surface area contributed by atoms with Crippen molar-refractivity contribution in [3.05, 3.63) is 16.1 Å². The van der Waals surface area contributed by atoms with Gasteiger partial charge in [0.15, 0.2) is 0 Å². The first kappa shape index (κ1) is 15.1. The molecule has 102 valence electrons. The minimum atomic E-state index is -0.00848. The molecule has 4 nitrogen and oxygen atoms in total. The number of aryl methyl sites for hydroxylation is 1. The smallest absolute Gasteiger partial charge is 0.221 e. The highest BCUT2D eigenvalue weighted by Crippen LogP contribution is 2.17. The molecule has 0 aliphatic rings. The minimum Gasteiger partial charge on any atom is -0.347 e.